The van der Waals surface area contributed by atoms with E-state index in [1.807, 2.05) is 25.1 Å². The summed E-state index contributed by atoms with van der Waals surface area (Å²) in [5, 5.41) is 9.32. The van der Waals surface area contributed by atoms with Gasteiger partial charge in [0.05, 0.1) is 17.4 Å². The van der Waals surface area contributed by atoms with Gasteiger partial charge in [-0.05, 0) is 36.2 Å². The molecule has 0 saturated heterocycles. The molecule has 124 valence electrons. The van der Waals surface area contributed by atoms with Gasteiger partial charge in [-0.1, -0.05) is 12.1 Å². The fraction of sp³-hybridized carbons (Fsp3) is 0.211. The molecule has 0 bridgehead atoms. The van der Waals surface area contributed by atoms with Gasteiger partial charge in [0.25, 0.3) is 11.1 Å². The molecule has 3 aromatic rings. The van der Waals surface area contributed by atoms with Crippen LogP contribution in [0, 0.1) is 11.3 Å². The Labute approximate surface area is 142 Å². The Bertz CT molecular complexity index is 1150. The molecule has 1 atom stereocenters. The number of hydrogen-bond donors (Lipinski definition) is 1. The van der Waals surface area contributed by atoms with Crippen molar-refractivity contribution in [1.82, 2.24) is 9.55 Å². The predicted octanol–water partition coefficient (Wildman–Crippen LogP) is 1.93. The van der Waals surface area contributed by atoms with Crippen molar-refractivity contribution in [2.24, 2.45) is 0 Å². The topological polar surface area (TPSA) is 87.9 Å². The minimum atomic E-state index is -0.486. The number of nitrogens with zero attached hydrogens (tertiary/aromatic N) is 2. The Balaban J connectivity index is 1.76. The van der Waals surface area contributed by atoms with Gasteiger partial charge in [-0.2, -0.15) is 5.26 Å². The second kappa shape index (κ2) is 5.64. The molecule has 1 aliphatic rings. The van der Waals surface area contributed by atoms with Crippen molar-refractivity contribution < 1.29 is 4.74 Å². The number of fused-ring (bicyclic) bond motifs is 2. The lowest BCUT2D eigenvalue weighted by atomic mass is 10.1. The molecule has 0 spiro atoms. The maximum Gasteiger partial charge on any atom is 0.266 e. The van der Waals surface area contributed by atoms with E-state index in [9.17, 15) is 9.59 Å². The smallest absolute Gasteiger partial charge is 0.266 e. The third-order valence-electron chi connectivity index (χ3n) is 4.42. The molecule has 0 saturated carbocycles. The molecule has 0 aliphatic carbocycles. The molecular formula is C19H15N3O3. The number of hydrogen-bond acceptors (Lipinski definition) is 4. The van der Waals surface area contributed by atoms with Gasteiger partial charge < -0.3 is 14.3 Å². The number of nitriles is 1. The lowest BCUT2D eigenvalue weighted by Gasteiger charge is -2.09. The highest BCUT2D eigenvalue weighted by molar-refractivity contribution is 5.78. The fourth-order valence-corrected chi connectivity index (χ4v) is 3.22. The van der Waals surface area contributed by atoms with Crippen molar-refractivity contribution in [3.8, 4) is 11.8 Å². The zero-order valence-corrected chi connectivity index (χ0v) is 13.6. The standard InChI is InChI=1S/C19H15N3O3/c1-11-6-13-7-12(2-3-17(13)25-11)10-22-5-4-16-15(19(22)24)8-14(9-20)18(23)21-16/h2-5,7-8,11H,6,10H2,1H3,(H,21,23). The summed E-state index contributed by atoms with van der Waals surface area (Å²) in [6.07, 6.45) is 2.69. The van der Waals surface area contributed by atoms with Crippen LogP contribution in [0.5, 0.6) is 5.75 Å². The average molecular weight is 333 g/mol. The first kappa shape index (κ1) is 15.2. The van der Waals surface area contributed by atoms with Gasteiger partial charge in [0.2, 0.25) is 0 Å². The first-order valence-electron chi connectivity index (χ1n) is 8.00. The van der Waals surface area contributed by atoms with Gasteiger partial charge in [-0.15, -0.1) is 0 Å². The predicted molar refractivity (Wildman–Crippen MR) is 92.9 cm³/mol. The molecule has 0 amide bonds. The molecule has 4 rings (SSSR count). The summed E-state index contributed by atoms with van der Waals surface area (Å²) in [4.78, 5) is 27.0. The highest BCUT2D eigenvalue weighted by atomic mass is 16.5. The molecule has 6 nitrogen and oxygen atoms in total. The molecule has 1 unspecified atom stereocenters. The van der Waals surface area contributed by atoms with Gasteiger partial charge in [0, 0.05) is 12.6 Å². The number of nitrogens with one attached hydrogen (secondary N) is 1. The lowest BCUT2D eigenvalue weighted by Crippen LogP contribution is -2.22. The number of aromatic amines is 1. The molecule has 6 heteroatoms. The van der Waals surface area contributed by atoms with E-state index in [0.29, 0.717) is 17.4 Å². The third-order valence-corrected chi connectivity index (χ3v) is 4.42. The Morgan fingerprint density at radius 2 is 2.16 bits per heavy atom. The Morgan fingerprint density at radius 1 is 1.32 bits per heavy atom. The first-order valence-corrected chi connectivity index (χ1v) is 8.00. The summed E-state index contributed by atoms with van der Waals surface area (Å²) in [6.45, 7) is 2.44. The van der Waals surface area contributed by atoms with E-state index in [2.05, 4.69) is 11.1 Å². The highest BCUT2D eigenvalue weighted by Gasteiger charge is 2.19. The van der Waals surface area contributed by atoms with Crippen LogP contribution in [0.1, 0.15) is 23.6 Å². The second-order valence-electron chi connectivity index (χ2n) is 6.27. The maximum absolute atomic E-state index is 12.7. The zero-order chi connectivity index (χ0) is 17.6. The van der Waals surface area contributed by atoms with Gasteiger partial charge in [-0.3, -0.25) is 9.59 Å². The van der Waals surface area contributed by atoms with Crippen molar-refractivity contribution in [3.05, 3.63) is 73.9 Å². The number of benzene rings is 1. The van der Waals surface area contributed by atoms with Crippen LogP contribution in [0.4, 0.5) is 0 Å². The van der Waals surface area contributed by atoms with Crippen molar-refractivity contribution in [1.29, 1.82) is 5.26 Å². The summed E-state index contributed by atoms with van der Waals surface area (Å²) >= 11 is 0. The normalized spacial score (nSPS) is 15.6. The van der Waals surface area contributed by atoms with Crippen LogP contribution < -0.4 is 15.9 Å². The number of rotatable bonds is 2. The van der Waals surface area contributed by atoms with E-state index >= 15 is 0 Å². The molecular weight excluding hydrogens is 318 g/mol. The number of H-pyrrole nitrogens is 1. The minimum Gasteiger partial charge on any atom is -0.490 e. The Kier molecular flexibility index (Phi) is 3.43. The fourth-order valence-electron chi connectivity index (χ4n) is 3.22. The lowest BCUT2D eigenvalue weighted by molar-refractivity contribution is 0.254. The molecule has 1 aromatic carbocycles. The van der Waals surface area contributed by atoms with E-state index in [0.717, 1.165) is 23.3 Å². The second-order valence-corrected chi connectivity index (χ2v) is 6.27. The van der Waals surface area contributed by atoms with E-state index in [-0.39, 0.29) is 17.2 Å². The molecule has 0 radical (unpaired) electrons. The minimum absolute atomic E-state index is 0.0639. The van der Waals surface area contributed by atoms with E-state index in [1.165, 1.54) is 6.07 Å². The first-order chi connectivity index (χ1) is 12.0. The summed E-state index contributed by atoms with van der Waals surface area (Å²) in [5.41, 5.74) is 1.79. The van der Waals surface area contributed by atoms with Gasteiger partial charge in [-0.25, -0.2) is 0 Å². The molecule has 1 aliphatic heterocycles. The summed E-state index contributed by atoms with van der Waals surface area (Å²) in [6, 6.07) is 10.8. The van der Waals surface area contributed by atoms with Gasteiger partial charge >= 0.3 is 0 Å². The molecule has 1 N–H and O–H groups in total. The third kappa shape index (κ3) is 2.60. The average Bonchev–Trinajstić information content (AvgIpc) is 2.96. The van der Waals surface area contributed by atoms with Crippen molar-refractivity contribution >= 4 is 10.9 Å². The summed E-state index contributed by atoms with van der Waals surface area (Å²) in [5.74, 6) is 0.901. The SMILES string of the molecule is CC1Cc2cc(Cn3ccc4[nH]c(=O)c(C#N)cc4c3=O)ccc2O1. The Morgan fingerprint density at radius 3 is 2.96 bits per heavy atom. The van der Waals surface area contributed by atoms with Gasteiger partial charge in [0.1, 0.15) is 23.5 Å². The quantitative estimate of drug-likeness (QED) is 0.776. The molecule has 25 heavy (non-hydrogen) atoms. The maximum atomic E-state index is 12.7. The van der Waals surface area contributed by atoms with Crippen LogP contribution in [0.25, 0.3) is 10.9 Å². The summed E-state index contributed by atoms with van der Waals surface area (Å²) < 4.78 is 7.27. The van der Waals surface area contributed by atoms with Crippen molar-refractivity contribution in [2.45, 2.75) is 26.0 Å². The van der Waals surface area contributed by atoms with Crippen molar-refractivity contribution in [2.75, 3.05) is 0 Å². The molecule has 3 heterocycles. The van der Waals surface area contributed by atoms with Crippen LogP contribution in [-0.4, -0.2) is 15.7 Å². The van der Waals surface area contributed by atoms with Crippen LogP contribution in [0.15, 0.2) is 46.1 Å². The Hall–Kier alpha value is -3.33. The number of aromatic nitrogens is 2. The van der Waals surface area contributed by atoms with E-state index < -0.39 is 5.56 Å². The van der Waals surface area contributed by atoms with E-state index in [1.54, 1.807) is 16.8 Å². The van der Waals surface area contributed by atoms with Crippen LogP contribution in [0.2, 0.25) is 0 Å². The number of ether oxygens (including phenoxy) is 1. The largest absolute Gasteiger partial charge is 0.490 e. The summed E-state index contributed by atoms with van der Waals surface area (Å²) in [7, 11) is 0. The van der Waals surface area contributed by atoms with E-state index in [4.69, 9.17) is 10.00 Å². The van der Waals surface area contributed by atoms with Crippen LogP contribution in [0.3, 0.4) is 0 Å². The van der Waals surface area contributed by atoms with Crippen LogP contribution >= 0.6 is 0 Å². The molecule has 0 fully saturated rings. The highest BCUT2D eigenvalue weighted by Crippen LogP contribution is 2.29. The number of pyridine rings is 2. The molecule has 2 aromatic heterocycles. The van der Waals surface area contributed by atoms with Crippen molar-refractivity contribution in [3.63, 3.8) is 0 Å². The monoisotopic (exact) mass is 333 g/mol. The van der Waals surface area contributed by atoms with Gasteiger partial charge in [0.15, 0.2) is 0 Å². The zero-order valence-electron chi connectivity index (χ0n) is 13.6. The van der Waals surface area contributed by atoms with Crippen LogP contribution in [-0.2, 0) is 13.0 Å².